The Balaban J connectivity index is 3.04. The van der Waals surface area contributed by atoms with Gasteiger partial charge in [-0.15, -0.1) is 0 Å². The first kappa shape index (κ1) is 20.4. The maximum absolute atomic E-state index is 11.5. The Hall–Kier alpha value is -1.61. The van der Waals surface area contributed by atoms with Crippen molar-refractivity contribution in [3.05, 3.63) is 0 Å². The summed E-state index contributed by atoms with van der Waals surface area (Å²) in [7, 11) is 0. The van der Waals surface area contributed by atoms with Gasteiger partial charge in [-0.25, -0.2) is 0 Å². The number of thioether (sulfide) groups is 1. The van der Waals surface area contributed by atoms with Gasteiger partial charge in [-0.05, 0) is 0 Å². The molecule has 0 saturated carbocycles. The smallest absolute Gasteiger partial charge is 0.303 e. The second kappa shape index (κ2) is 9.03. The average molecular weight is 362 g/mol. The van der Waals surface area contributed by atoms with Gasteiger partial charge in [0.2, 0.25) is 0 Å². The lowest BCUT2D eigenvalue weighted by molar-refractivity contribution is -0.212. The highest BCUT2D eigenvalue weighted by molar-refractivity contribution is 8.14. The molecule has 136 valence electrons. The van der Waals surface area contributed by atoms with Crippen molar-refractivity contribution in [2.45, 2.75) is 58.4 Å². The fourth-order valence-corrected chi connectivity index (χ4v) is 3.38. The molecule has 1 fully saturated rings. The molecule has 0 aromatic rings. The highest BCUT2D eigenvalue weighted by Crippen LogP contribution is 2.36. The fraction of sp³-hybridized carbons (Fsp3) is 0.733. The van der Waals surface area contributed by atoms with Crippen LogP contribution in [0.15, 0.2) is 0 Å². The third-order valence-corrected chi connectivity index (χ3v) is 4.26. The lowest BCUT2D eigenvalue weighted by atomic mass is 9.91. The van der Waals surface area contributed by atoms with E-state index in [1.54, 1.807) is 6.92 Å². The van der Waals surface area contributed by atoms with Crippen molar-refractivity contribution >= 4 is 34.8 Å². The molecule has 0 aromatic carbocycles. The lowest BCUT2D eigenvalue weighted by Crippen LogP contribution is -2.56. The number of esters is 3. The molecule has 0 radical (unpaired) electrons. The van der Waals surface area contributed by atoms with Crippen LogP contribution in [-0.2, 0) is 38.1 Å². The van der Waals surface area contributed by atoms with E-state index in [0.717, 1.165) is 11.8 Å². The molecule has 0 N–H and O–H groups in total. The van der Waals surface area contributed by atoms with Crippen molar-refractivity contribution in [2.75, 3.05) is 6.61 Å². The zero-order valence-corrected chi connectivity index (χ0v) is 15.1. The van der Waals surface area contributed by atoms with E-state index in [1.807, 2.05) is 0 Å². The van der Waals surface area contributed by atoms with Crippen molar-refractivity contribution < 1.29 is 38.1 Å². The molecule has 1 rings (SSSR count). The van der Waals surface area contributed by atoms with E-state index in [-0.39, 0.29) is 11.7 Å². The molecule has 5 atom stereocenters. The van der Waals surface area contributed by atoms with E-state index in [1.165, 1.54) is 27.7 Å². The number of hydrogen-bond donors (Lipinski definition) is 0. The van der Waals surface area contributed by atoms with Crippen LogP contribution in [0.2, 0.25) is 0 Å². The summed E-state index contributed by atoms with van der Waals surface area (Å²) in [6.07, 6.45) is -2.33. The quantitative estimate of drug-likeness (QED) is 0.524. The minimum Gasteiger partial charge on any atom is -0.463 e. The van der Waals surface area contributed by atoms with E-state index >= 15 is 0 Å². The Morgan fingerprint density at radius 2 is 1.46 bits per heavy atom. The second-order valence-corrected chi connectivity index (χ2v) is 6.74. The molecular formula is C15H22O8S. The first-order valence-electron chi connectivity index (χ1n) is 7.42. The van der Waals surface area contributed by atoms with Crippen molar-refractivity contribution in [1.29, 1.82) is 0 Å². The van der Waals surface area contributed by atoms with Crippen LogP contribution in [0.5, 0.6) is 0 Å². The first-order valence-corrected chi connectivity index (χ1v) is 8.30. The Morgan fingerprint density at radius 1 is 0.917 bits per heavy atom. The van der Waals surface area contributed by atoms with E-state index in [4.69, 9.17) is 18.9 Å². The fourth-order valence-electron chi connectivity index (χ4n) is 2.42. The van der Waals surface area contributed by atoms with E-state index in [0.29, 0.717) is 0 Å². The van der Waals surface area contributed by atoms with Crippen molar-refractivity contribution in [3.63, 3.8) is 0 Å². The van der Waals surface area contributed by atoms with Gasteiger partial charge >= 0.3 is 17.9 Å². The number of ether oxygens (including phenoxy) is 4. The molecule has 1 aliphatic heterocycles. The van der Waals surface area contributed by atoms with Crippen LogP contribution in [-0.4, -0.2) is 53.4 Å². The molecular weight excluding hydrogens is 340 g/mol. The minimum absolute atomic E-state index is 0.140. The average Bonchev–Trinajstić information content (AvgIpc) is 2.42. The molecule has 24 heavy (non-hydrogen) atoms. The Labute approximate surface area is 144 Å². The molecule has 1 saturated heterocycles. The van der Waals surface area contributed by atoms with Crippen molar-refractivity contribution in [2.24, 2.45) is 5.92 Å². The van der Waals surface area contributed by atoms with Crippen LogP contribution in [0, 0.1) is 5.92 Å². The normalized spacial score (nSPS) is 29.5. The maximum Gasteiger partial charge on any atom is 0.303 e. The number of hydrogen-bond acceptors (Lipinski definition) is 9. The van der Waals surface area contributed by atoms with Gasteiger partial charge in [0, 0.05) is 33.6 Å². The van der Waals surface area contributed by atoms with Crippen LogP contribution < -0.4 is 0 Å². The molecule has 0 spiro atoms. The molecule has 8 nitrogen and oxygen atoms in total. The van der Waals surface area contributed by atoms with Crippen LogP contribution in [0.1, 0.15) is 34.6 Å². The highest BCUT2D eigenvalue weighted by Gasteiger charge is 2.48. The van der Waals surface area contributed by atoms with Crippen molar-refractivity contribution in [3.8, 4) is 0 Å². The van der Waals surface area contributed by atoms with Crippen LogP contribution in [0.25, 0.3) is 0 Å². The summed E-state index contributed by atoms with van der Waals surface area (Å²) in [5.41, 5.74) is -0.784. The largest absolute Gasteiger partial charge is 0.463 e. The topological polar surface area (TPSA) is 105 Å². The minimum atomic E-state index is -0.784. The first-order chi connectivity index (χ1) is 11.1. The summed E-state index contributed by atoms with van der Waals surface area (Å²) < 4.78 is 21.2. The lowest BCUT2D eigenvalue weighted by Gasteiger charge is -2.43. The van der Waals surface area contributed by atoms with Gasteiger partial charge in [0.05, 0.1) is 0 Å². The highest BCUT2D eigenvalue weighted by atomic mass is 32.2. The van der Waals surface area contributed by atoms with Gasteiger partial charge in [0.25, 0.3) is 0 Å². The molecule has 0 bridgehead atoms. The number of carbonyl (C=O) groups is 4. The van der Waals surface area contributed by atoms with Gasteiger partial charge < -0.3 is 18.9 Å². The molecule has 3 unspecified atom stereocenters. The molecule has 0 amide bonds. The van der Waals surface area contributed by atoms with Gasteiger partial charge in [-0.1, -0.05) is 18.7 Å². The standard InChI is InChI=1S/C15H22O8S/c1-7-13(21-9(3)17)12(6-20-8(2)16)23-15(24-11(5)19)14(7)22-10(4)18/h7,12-15H,6H2,1-5H3/t7?,12?,13-,14?,15-/m1/s1. The third-order valence-electron chi connectivity index (χ3n) is 3.32. The summed E-state index contributed by atoms with van der Waals surface area (Å²) in [4.78, 5) is 45.2. The molecule has 1 aliphatic rings. The van der Waals surface area contributed by atoms with Crippen LogP contribution in [0.3, 0.4) is 0 Å². The zero-order chi connectivity index (χ0) is 18.4. The Kier molecular flexibility index (Phi) is 7.68. The van der Waals surface area contributed by atoms with E-state index in [2.05, 4.69) is 0 Å². The summed E-state index contributed by atoms with van der Waals surface area (Å²) >= 11 is 0.869. The Bertz CT molecular complexity index is 504. The molecule has 9 heteroatoms. The SMILES string of the molecule is CC(=O)OCC1O[C@H](SC(C)=O)C(OC(C)=O)C(C)[C@H]1OC(C)=O. The zero-order valence-electron chi connectivity index (χ0n) is 14.3. The molecule has 0 aromatic heterocycles. The van der Waals surface area contributed by atoms with Gasteiger partial charge in [0.1, 0.15) is 30.4 Å². The number of carbonyl (C=O) groups excluding carboxylic acids is 4. The monoisotopic (exact) mass is 362 g/mol. The predicted octanol–water partition coefficient (Wildman–Crippen LogP) is 1.05. The second-order valence-electron chi connectivity index (χ2n) is 5.46. The van der Waals surface area contributed by atoms with Gasteiger partial charge in [-0.3, -0.25) is 19.2 Å². The van der Waals surface area contributed by atoms with Gasteiger partial charge in [0.15, 0.2) is 5.12 Å². The number of rotatable bonds is 5. The van der Waals surface area contributed by atoms with Crippen molar-refractivity contribution in [1.82, 2.24) is 0 Å². The predicted molar refractivity (Wildman–Crippen MR) is 83.8 cm³/mol. The summed E-state index contributed by atoms with van der Waals surface area (Å²) in [6, 6.07) is 0. The maximum atomic E-state index is 11.5. The summed E-state index contributed by atoms with van der Waals surface area (Å²) in [6.45, 7) is 6.68. The van der Waals surface area contributed by atoms with Crippen LogP contribution in [0.4, 0.5) is 0 Å². The summed E-state index contributed by atoms with van der Waals surface area (Å²) in [5, 5.41) is -0.221. The Morgan fingerprint density at radius 3 is 1.92 bits per heavy atom. The van der Waals surface area contributed by atoms with E-state index < -0.39 is 47.6 Å². The third kappa shape index (κ3) is 6.12. The van der Waals surface area contributed by atoms with Gasteiger partial charge in [-0.2, -0.15) is 0 Å². The van der Waals surface area contributed by atoms with E-state index in [9.17, 15) is 19.2 Å². The van der Waals surface area contributed by atoms with Crippen LogP contribution >= 0.6 is 11.8 Å². The molecule has 0 aliphatic carbocycles. The summed E-state index contributed by atoms with van der Waals surface area (Å²) in [5.74, 6) is -2.04. The molecule has 1 heterocycles.